The topological polar surface area (TPSA) is 40.5 Å². The lowest BCUT2D eigenvalue weighted by atomic mass is 9.98. The van der Waals surface area contributed by atoms with Crippen LogP contribution in [0.1, 0.15) is 27.0 Å². The fourth-order valence-corrected chi connectivity index (χ4v) is 3.08. The molecule has 0 amide bonds. The van der Waals surface area contributed by atoms with Crippen LogP contribution < -0.4 is 0 Å². The Balaban J connectivity index is 1.70. The summed E-state index contributed by atoms with van der Waals surface area (Å²) in [4.78, 5) is 13.3. The van der Waals surface area contributed by atoms with E-state index in [1.807, 2.05) is 6.07 Å². The van der Waals surface area contributed by atoms with E-state index in [2.05, 4.69) is 4.90 Å². The number of carboxylic acid groups (broad SMARTS) is 1. The normalized spacial score (nSPS) is 14.5. The van der Waals surface area contributed by atoms with Crippen molar-refractivity contribution in [1.82, 2.24) is 4.90 Å². The number of benzene rings is 2. The summed E-state index contributed by atoms with van der Waals surface area (Å²) < 4.78 is 27.1. The minimum atomic E-state index is -0.936. The number of carbonyl (C=O) groups is 1. The smallest absolute Gasteiger partial charge is 0.335 e. The average Bonchev–Trinajstić information content (AvgIpc) is 2.52. The van der Waals surface area contributed by atoms with E-state index in [1.54, 1.807) is 18.2 Å². The second-order valence-corrected chi connectivity index (χ2v) is 5.76. The van der Waals surface area contributed by atoms with Gasteiger partial charge in [-0.05, 0) is 41.7 Å². The molecule has 1 N–H and O–H groups in total. The molecule has 0 atom stereocenters. The van der Waals surface area contributed by atoms with Gasteiger partial charge in [0.1, 0.15) is 11.6 Å². The Bertz CT molecular complexity index is 746. The van der Waals surface area contributed by atoms with E-state index in [0.29, 0.717) is 49.2 Å². The molecule has 3 nitrogen and oxygen atoms in total. The van der Waals surface area contributed by atoms with Crippen LogP contribution in [0.5, 0.6) is 0 Å². The maximum atomic E-state index is 13.7. The molecule has 23 heavy (non-hydrogen) atoms. The van der Waals surface area contributed by atoms with Gasteiger partial charge in [0.05, 0.1) is 5.56 Å². The van der Waals surface area contributed by atoms with Crippen LogP contribution in [0.4, 0.5) is 8.78 Å². The lowest BCUT2D eigenvalue weighted by molar-refractivity contribution is 0.0695. The minimum Gasteiger partial charge on any atom is -0.478 e. The Morgan fingerprint density at radius 3 is 2.78 bits per heavy atom. The SMILES string of the molecule is O=C(O)c1ccccc1CCN1CCc2c(F)cc(F)cc2C1. The van der Waals surface area contributed by atoms with Crippen LogP contribution in [-0.2, 0) is 19.4 Å². The first-order valence-electron chi connectivity index (χ1n) is 7.55. The van der Waals surface area contributed by atoms with Crippen LogP contribution in [0.15, 0.2) is 36.4 Å². The molecular weight excluding hydrogens is 300 g/mol. The molecule has 0 saturated carbocycles. The van der Waals surface area contributed by atoms with Gasteiger partial charge in [-0.2, -0.15) is 0 Å². The predicted molar refractivity (Wildman–Crippen MR) is 82.4 cm³/mol. The van der Waals surface area contributed by atoms with Crippen molar-refractivity contribution in [3.8, 4) is 0 Å². The highest BCUT2D eigenvalue weighted by molar-refractivity contribution is 5.89. The molecule has 120 valence electrons. The van der Waals surface area contributed by atoms with Gasteiger partial charge in [-0.25, -0.2) is 13.6 Å². The summed E-state index contributed by atoms with van der Waals surface area (Å²) >= 11 is 0. The summed E-state index contributed by atoms with van der Waals surface area (Å²) in [5, 5.41) is 9.20. The number of nitrogens with zero attached hydrogens (tertiary/aromatic N) is 1. The number of carboxylic acids is 1. The van der Waals surface area contributed by atoms with E-state index < -0.39 is 17.6 Å². The third-order valence-electron chi connectivity index (χ3n) is 4.27. The minimum absolute atomic E-state index is 0.307. The molecular formula is C18H17F2NO2. The quantitative estimate of drug-likeness (QED) is 0.941. The van der Waals surface area contributed by atoms with E-state index in [4.69, 9.17) is 0 Å². The summed E-state index contributed by atoms with van der Waals surface area (Å²) in [5.41, 5.74) is 2.35. The van der Waals surface area contributed by atoms with Crippen molar-refractivity contribution in [2.24, 2.45) is 0 Å². The molecule has 0 bridgehead atoms. The van der Waals surface area contributed by atoms with E-state index >= 15 is 0 Å². The second kappa shape index (κ2) is 6.46. The van der Waals surface area contributed by atoms with Crippen molar-refractivity contribution in [1.29, 1.82) is 0 Å². The van der Waals surface area contributed by atoms with Crippen molar-refractivity contribution >= 4 is 5.97 Å². The fraction of sp³-hybridized carbons (Fsp3) is 0.278. The van der Waals surface area contributed by atoms with E-state index in [0.717, 1.165) is 11.6 Å². The van der Waals surface area contributed by atoms with Crippen LogP contribution >= 0.6 is 0 Å². The van der Waals surface area contributed by atoms with Gasteiger partial charge in [0.2, 0.25) is 0 Å². The van der Waals surface area contributed by atoms with E-state index in [9.17, 15) is 18.7 Å². The first-order valence-corrected chi connectivity index (χ1v) is 7.55. The summed E-state index contributed by atoms with van der Waals surface area (Å²) in [6, 6.07) is 9.23. The van der Waals surface area contributed by atoms with Gasteiger partial charge >= 0.3 is 5.97 Å². The van der Waals surface area contributed by atoms with Crippen molar-refractivity contribution in [3.63, 3.8) is 0 Å². The number of fused-ring (bicyclic) bond motifs is 1. The standard InChI is InChI=1S/C18H17F2NO2/c19-14-9-13-11-21(8-6-15(13)17(20)10-14)7-5-12-3-1-2-4-16(12)18(22)23/h1-4,9-10H,5-8,11H2,(H,22,23). The zero-order chi connectivity index (χ0) is 16.4. The molecule has 2 aromatic carbocycles. The molecule has 0 saturated heterocycles. The first-order chi connectivity index (χ1) is 11.0. The van der Waals surface area contributed by atoms with Gasteiger partial charge in [-0.15, -0.1) is 0 Å². The zero-order valence-electron chi connectivity index (χ0n) is 12.6. The molecule has 2 aromatic rings. The van der Waals surface area contributed by atoms with Crippen LogP contribution in [0, 0.1) is 11.6 Å². The van der Waals surface area contributed by atoms with Gasteiger partial charge in [0.15, 0.2) is 0 Å². The molecule has 1 aliphatic heterocycles. The molecule has 1 aliphatic rings. The molecule has 3 rings (SSSR count). The second-order valence-electron chi connectivity index (χ2n) is 5.76. The van der Waals surface area contributed by atoms with Gasteiger partial charge in [-0.1, -0.05) is 18.2 Å². The lowest BCUT2D eigenvalue weighted by Crippen LogP contribution is -2.33. The lowest BCUT2D eigenvalue weighted by Gasteiger charge is -2.29. The molecule has 0 spiro atoms. The Hall–Kier alpha value is -2.27. The number of aromatic carboxylic acids is 1. The zero-order valence-corrected chi connectivity index (χ0v) is 12.6. The van der Waals surface area contributed by atoms with Crippen molar-refractivity contribution in [3.05, 3.63) is 70.3 Å². The van der Waals surface area contributed by atoms with Crippen LogP contribution in [-0.4, -0.2) is 29.1 Å². The molecule has 1 heterocycles. The number of hydrogen-bond donors (Lipinski definition) is 1. The Morgan fingerprint density at radius 1 is 1.22 bits per heavy atom. The van der Waals surface area contributed by atoms with Crippen molar-refractivity contribution in [2.75, 3.05) is 13.1 Å². The Kier molecular flexibility index (Phi) is 4.39. The summed E-state index contributed by atoms with van der Waals surface area (Å²) in [5.74, 6) is -1.97. The Morgan fingerprint density at radius 2 is 2.00 bits per heavy atom. The largest absolute Gasteiger partial charge is 0.478 e. The Labute approximate surface area is 133 Å². The molecule has 0 unspecified atom stereocenters. The molecule has 0 aliphatic carbocycles. The van der Waals surface area contributed by atoms with Crippen molar-refractivity contribution < 1.29 is 18.7 Å². The third-order valence-corrected chi connectivity index (χ3v) is 4.27. The fourth-order valence-electron chi connectivity index (χ4n) is 3.08. The highest BCUT2D eigenvalue weighted by Crippen LogP contribution is 2.23. The highest BCUT2D eigenvalue weighted by Gasteiger charge is 2.20. The van der Waals surface area contributed by atoms with E-state index in [1.165, 1.54) is 6.07 Å². The van der Waals surface area contributed by atoms with E-state index in [-0.39, 0.29) is 0 Å². The summed E-state index contributed by atoms with van der Waals surface area (Å²) in [6.07, 6.45) is 1.14. The maximum Gasteiger partial charge on any atom is 0.335 e. The average molecular weight is 317 g/mol. The van der Waals surface area contributed by atoms with Crippen LogP contribution in [0.25, 0.3) is 0 Å². The number of rotatable bonds is 4. The predicted octanol–water partition coefficient (Wildman–Crippen LogP) is 3.26. The summed E-state index contributed by atoms with van der Waals surface area (Å²) in [6.45, 7) is 1.83. The number of hydrogen-bond acceptors (Lipinski definition) is 2. The van der Waals surface area contributed by atoms with Gasteiger partial charge in [-0.3, -0.25) is 4.90 Å². The third kappa shape index (κ3) is 3.40. The molecule has 0 fully saturated rings. The first kappa shape index (κ1) is 15.6. The monoisotopic (exact) mass is 317 g/mol. The summed E-state index contributed by atoms with van der Waals surface area (Å²) in [7, 11) is 0. The van der Waals surface area contributed by atoms with Crippen LogP contribution in [0.3, 0.4) is 0 Å². The molecule has 5 heteroatoms. The molecule has 0 aromatic heterocycles. The van der Waals surface area contributed by atoms with Crippen LogP contribution in [0.2, 0.25) is 0 Å². The van der Waals surface area contributed by atoms with Gasteiger partial charge in [0.25, 0.3) is 0 Å². The van der Waals surface area contributed by atoms with Gasteiger partial charge in [0, 0.05) is 25.7 Å². The maximum absolute atomic E-state index is 13.7. The molecule has 0 radical (unpaired) electrons. The number of halogens is 2. The van der Waals surface area contributed by atoms with Gasteiger partial charge < -0.3 is 5.11 Å². The van der Waals surface area contributed by atoms with Crippen molar-refractivity contribution in [2.45, 2.75) is 19.4 Å². The highest BCUT2D eigenvalue weighted by atomic mass is 19.1.